The van der Waals surface area contributed by atoms with Crippen LogP contribution >= 0.6 is 0 Å². The third-order valence-electron chi connectivity index (χ3n) is 0.856. The van der Waals surface area contributed by atoms with Gasteiger partial charge in [0.25, 0.3) is 0 Å². The van der Waals surface area contributed by atoms with Gasteiger partial charge in [0.05, 0.1) is 5.75 Å². The Kier molecular flexibility index (Phi) is 3.76. The van der Waals surface area contributed by atoms with Crippen LogP contribution in [-0.2, 0) is 9.84 Å². The van der Waals surface area contributed by atoms with Crippen LogP contribution in [0.2, 0.25) is 0 Å². The summed E-state index contributed by atoms with van der Waals surface area (Å²) >= 11 is 0. The topological polar surface area (TPSA) is 80.4 Å². The second kappa shape index (κ2) is 3.81. The fraction of sp³-hybridized carbons (Fsp3) is 1.00. The molecule has 0 unspecified atom stereocenters. The Morgan fingerprint density at radius 1 is 1.44 bits per heavy atom. The van der Waals surface area contributed by atoms with E-state index in [2.05, 4.69) is 0 Å². The molecule has 0 aliphatic rings. The molecule has 0 aliphatic heterocycles. The lowest BCUT2D eigenvalue weighted by Crippen LogP contribution is -2.13. The molecule has 0 aliphatic carbocycles. The lowest BCUT2D eigenvalue weighted by atomic mass is 10.5. The van der Waals surface area contributed by atoms with Gasteiger partial charge >= 0.3 is 0 Å². The van der Waals surface area contributed by atoms with Gasteiger partial charge in [0.1, 0.15) is 5.94 Å². The fourth-order valence-electron chi connectivity index (χ4n) is 0.368. The lowest BCUT2D eigenvalue weighted by molar-refractivity contribution is 0.358. The molecule has 0 bridgehead atoms. The third kappa shape index (κ3) is 4.38. The van der Waals surface area contributed by atoms with Crippen LogP contribution in [-0.4, -0.2) is 31.8 Å². The molecule has 0 radical (unpaired) electrons. The maximum atomic E-state index is 10.5. The molecule has 0 aromatic rings. The molecule has 0 saturated heterocycles. The molecule has 0 aromatic carbocycles. The van der Waals surface area contributed by atoms with Crippen LogP contribution in [0.1, 0.15) is 6.42 Å². The van der Waals surface area contributed by atoms with E-state index >= 15 is 0 Å². The van der Waals surface area contributed by atoms with Crippen LogP contribution < -0.4 is 5.73 Å². The molecule has 0 aromatic heterocycles. The summed E-state index contributed by atoms with van der Waals surface area (Å²) in [6, 6.07) is 0. The first kappa shape index (κ1) is 8.87. The van der Waals surface area contributed by atoms with E-state index < -0.39 is 15.8 Å². The molecule has 0 rings (SSSR count). The van der Waals surface area contributed by atoms with Gasteiger partial charge in [-0.1, -0.05) is 0 Å². The zero-order valence-electron chi connectivity index (χ0n) is 5.08. The quantitative estimate of drug-likeness (QED) is 0.526. The summed E-state index contributed by atoms with van der Waals surface area (Å²) < 4.78 is 20.9. The number of aliphatic hydroxyl groups is 1. The van der Waals surface area contributed by atoms with Gasteiger partial charge in [0.2, 0.25) is 0 Å². The molecule has 0 atom stereocenters. The van der Waals surface area contributed by atoms with Crippen LogP contribution in [0.25, 0.3) is 0 Å². The molecule has 0 heterocycles. The van der Waals surface area contributed by atoms with Gasteiger partial charge in [-0.15, -0.1) is 0 Å². The van der Waals surface area contributed by atoms with Crippen molar-refractivity contribution in [2.45, 2.75) is 6.42 Å². The van der Waals surface area contributed by atoms with Gasteiger partial charge in [0.15, 0.2) is 9.84 Å². The van der Waals surface area contributed by atoms with Crippen molar-refractivity contribution >= 4 is 9.84 Å². The van der Waals surface area contributed by atoms with Gasteiger partial charge in [-0.05, 0) is 13.0 Å². The molecule has 9 heavy (non-hydrogen) atoms. The summed E-state index contributed by atoms with van der Waals surface area (Å²) in [5, 5.41) is 8.19. The highest BCUT2D eigenvalue weighted by atomic mass is 32.2. The monoisotopic (exact) mass is 153 g/mol. The van der Waals surface area contributed by atoms with E-state index in [0.717, 1.165) is 0 Å². The first-order chi connectivity index (χ1) is 4.12. The number of hydrogen-bond acceptors (Lipinski definition) is 4. The zero-order chi connectivity index (χ0) is 7.33. The van der Waals surface area contributed by atoms with E-state index in [4.69, 9.17) is 10.8 Å². The first-order valence-electron chi connectivity index (χ1n) is 2.64. The van der Waals surface area contributed by atoms with Crippen molar-refractivity contribution < 1.29 is 13.5 Å². The number of nitrogens with two attached hydrogens (primary N) is 1. The molecule has 0 saturated carbocycles. The van der Waals surface area contributed by atoms with Crippen molar-refractivity contribution in [2.24, 2.45) is 5.73 Å². The Morgan fingerprint density at radius 2 is 2.00 bits per heavy atom. The third-order valence-corrected chi connectivity index (χ3v) is 2.16. The van der Waals surface area contributed by atoms with Gasteiger partial charge in [0, 0.05) is 0 Å². The predicted octanol–water partition coefficient (Wildman–Crippen LogP) is -1.30. The van der Waals surface area contributed by atoms with E-state index in [0.29, 0.717) is 13.0 Å². The minimum Gasteiger partial charge on any atom is -0.380 e. The maximum absolute atomic E-state index is 10.5. The molecule has 3 N–H and O–H groups in total. The van der Waals surface area contributed by atoms with Crippen molar-refractivity contribution in [3.8, 4) is 0 Å². The average Bonchev–Trinajstić information content (AvgIpc) is 1.84. The van der Waals surface area contributed by atoms with Crippen LogP contribution in [0.5, 0.6) is 0 Å². The molecule has 0 fully saturated rings. The van der Waals surface area contributed by atoms with E-state index in [1.165, 1.54) is 0 Å². The highest BCUT2D eigenvalue weighted by Crippen LogP contribution is 1.89. The minimum absolute atomic E-state index is 0.0139. The van der Waals surface area contributed by atoms with Crippen LogP contribution in [0, 0.1) is 0 Å². The second-order valence-corrected chi connectivity index (χ2v) is 3.87. The minimum atomic E-state index is -3.21. The zero-order valence-corrected chi connectivity index (χ0v) is 5.89. The largest absolute Gasteiger partial charge is 0.380 e. The summed E-state index contributed by atoms with van der Waals surface area (Å²) in [6.07, 6.45) is 0.420. The first-order valence-corrected chi connectivity index (χ1v) is 4.46. The Labute approximate surface area is 54.6 Å². The van der Waals surface area contributed by atoms with Crippen LogP contribution in [0.3, 0.4) is 0 Å². The van der Waals surface area contributed by atoms with Gasteiger partial charge in [-0.3, -0.25) is 0 Å². The molecular formula is C4H11NO3S. The molecule has 0 amide bonds. The fourth-order valence-corrected chi connectivity index (χ4v) is 1.10. The standard InChI is InChI=1S/C4H11NO3S/c5-2-1-3-9(7,8)4-6/h6H,1-5H2. The van der Waals surface area contributed by atoms with Crippen LogP contribution in [0.15, 0.2) is 0 Å². The predicted molar refractivity (Wildman–Crippen MR) is 34.5 cm³/mol. The number of rotatable bonds is 4. The Bertz CT molecular complexity index is 151. The van der Waals surface area contributed by atoms with Crippen molar-refractivity contribution in [2.75, 3.05) is 18.2 Å². The highest BCUT2D eigenvalue weighted by Gasteiger charge is 2.05. The van der Waals surface area contributed by atoms with Crippen molar-refractivity contribution in [3.63, 3.8) is 0 Å². The summed E-state index contributed by atoms with van der Waals surface area (Å²) in [5.41, 5.74) is 5.04. The normalized spacial score (nSPS) is 11.8. The van der Waals surface area contributed by atoms with Gasteiger partial charge < -0.3 is 10.8 Å². The van der Waals surface area contributed by atoms with Crippen molar-refractivity contribution in [3.05, 3.63) is 0 Å². The Morgan fingerprint density at radius 3 is 2.33 bits per heavy atom. The second-order valence-electron chi connectivity index (χ2n) is 1.72. The average molecular weight is 153 g/mol. The molecule has 4 nitrogen and oxygen atoms in total. The molecule has 0 spiro atoms. The van der Waals surface area contributed by atoms with Crippen molar-refractivity contribution in [1.82, 2.24) is 0 Å². The van der Waals surface area contributed by atoms with E-state index in [1.54, 1.807) is 0 Å². The summed E-state index contributed by atoms with van der Waals surface area (Å²) in [4.78, 5) is 0. The molecular weight excluding hydrogens is 142 g/mol. The van der Waals surface area contributed by atoms with Gasteiger partial charge in [-0.2, -0.15) is 0 Å². The maximum Gasteiger partial charge on any atom is 0.174 e. The van der Waals surface area contributed by atoms with E-state index in [1.807, 2.05) is 0 Å². The van der Waals surface area contributed by atoms with E-state index in [9.17, 15) is 8.42 Å². The van der Waals surface area contributed by atoms with E-state index in [-0.39, 0.29) is 5.75 Å². The van der Waals surface area contributed by atoms with Crippen molar-refractivity contribution in [1.29, 1.82) is 0 Å². The van der Waals surface area contributed by atoms with Gasteiger partial charge in [-0.25, -0.2) is 8.42 Å². The number of hydrogen-bond donors (Lipinski definition) is 2. The highest BCUT2D eigenvalue weighted by molar-refractivity contribution is 7.91. The number of aliphatic hydroxyl groups excluding tert-OH is 1. The molecule has 5 heteroatoms. The SMILES string of the molecule is NCCCS(=O)(=O)CO. The summed E-state index contributed by atoms with van der Waals surface area (Å²) in [7, 11) is -3.21. The smallest absolute Gasteiger partial charge is 0.174 e. The number of sulfone groups is 1. The Balaban J connectivity index is 3.61. The summed E-state index contributed by atoms with van der Waals surface area (Å²) in [5.74, 6) is -0.785. The van der Waals surface area contributed by atoms with Crippen LogP contribution in [0.4, 0.5) is 0 Å². The Hall–Kier alpha value is -0.130. The molecule has 56 valence electrons. The summed E-state index contributed by atoms with van der Waals surface area (Å²) in [6.45, 7) is 0.346. The lowest BCUT2D eigenvalue weighted by Gasteiger charge is -1.95.